The molecule has 1 unspecified atom stereocenters. The van der Waals surface area contributed by atoms with Crippen LogP contribution in [0.15, 0.2) is 84.9 Å². The number of nitro groups is 1. The number of rotatable bonds is 9. The zero-order valence-electron chi connectivity index (χ0n) is 17.2. The van der Waals surface area contributed by atoms with Crippen molar-refractivity contribution in [3.8, 4) is 0 Å². The van der Waals surface area contributed by atoms with Crippen molar-refractivity contribution in [2.24, 2.45) is 0 Å². The summed E-state index contributed by atoms with van der Waals surface area (Å²) in [5.41, 5.74) is 2.18. The largest absolute Gasteiger partial charge is 0.459 e. The summed E-state index contributed by atoms with van der Waals surface area (Å²) < 4.78 is 10.6. The minimum atomic E-state index is -1.02. The number of nitrogens with zero attached hydrogens (tertiary/aromatic N) is 1. The topological polar surface area (TPSA) is 108 Å². The predicted molar refractivity (Wildman–Crippen MR) is 117 cm³/mol. The molecule has 0 radical (unpaired) electrons. The molecule has 0 spiro atoms. The van der Waals surface area contributed by atoms with Gasteiger partial charge in [0.25, 0.3) is 5.69 Å². The Kier molecular flexibility index (Phi) is 7.91. The molecule has 0 aliphatic heterocycles. The van der Waals surface area contributed by atoms with Gasteiger partial charge in [-0.25, -0.2) is 9.59 Å². The number of nitro benzene ring substituents is 1. The van der Waals surface area contributed by atoms with Crippen molar-refractivity contribution in [2.75, 3.05) is 0 Å². The second-order valence-electron chi connectivity index (χ2n) is 6.98. The van der Waals surface area contributed by atoms with Crippen molar-refractivity contribution in [1.29, 1.82) is 0 Å². The highest BCUT2D eigenvalue weighted by atomic mass is 16.6. The van der Waals surface area contributed by atoms with Gasteiger partial charge in [0.2, 0.25) is 0 Å². The number of carbonyl (C=O) groups is 2. The standard InChI is InChI=1S/C24H22N2O6/c27-23(31-16-19-7-3-1-4-8-19)22(15-18-11-13-21(14-12-18)26(29)30)25-24(28)32-17-20-9-5-2-6-10-20/h1-14,22H,15-17H2,(H,25,28). The molecule has 3 aromatic rings. The molecule has 32 heavy (non-hydrogen) atoms. The van der Waals surface area contributed by atoms with Gasteiger partial charge in [-0.15, -0.1) is 0 Å². The van der Waals surface area contributed by atoms with Crippen molar-refractivity contribution < 1.29 is 24.0 Å². The summed E-state index contributed by atoms with van der Waals surface area (Å²) in [6.45, 7) is 0.104. The first-order valence-electron chi connectivity index (χ1n) is 9.92. The lowest BCUT2D eigenvalue weighted by Gasteiger charge is -2.18. The molecule has 8 nitrogen and oxygen atoms in total. The summed E-state index contributed by atoms with van der Waals surface area (Å²) in [6, 6.07) is 23.0. The van der Waals surface area contributed by atoms with E-state index in [0.717, 1.165) is 11.1 Å². The normalized spacial score (nSPS) is 11.2. The monoisotopic (exact) mass is 434 g/mol. The van der Waals surface area contributed by atoms with Gasteiger partial charge in [-0.05, 0) is 16.7 Å². The highest BCUT2D eigenvalue weighted by Gasteiger charge is 2.24. The van der Waals surface area contributed by atoms with E-state index in [1.807, 2.05) is 60.7 Å². The average molecular weight is 434 g/mol. The van der Waals surface area contributed by atoms with Crippen LogP contribution in [0.5, 0.6) is 0 Å². The van der Waals surface area contributed by atoms with Crippen molar-refractivity contribution in [3.05, 3.63) is 112 Å². The number of benzene rings is 3. The zero-order chi connectivity index (χ0) is 22.8. The Hall–Kier alpha value is -4.20. The Morgan fingerprint density at radius 2 is 1.31 bits per heavy atom. The zero-order valence-corrected chi connectivity index (χ0v) is 17.2. The van der Waals surface area contributed by atoms with Gasteiger partial charge in [0, 0.05) is 18.6 Å². The smallest absolute Gasteiger partial charge is 0.408 e. The van der Waals surface area contributed by atoms with Gasteiger partial charge in [-0.2, -0.15) is 0 Å². The van der Waals surface area contributed by atoms with E-state index >= 15 is 0 Å². The summed E-state index contributed by atoms with van der Waals surface area (Å²) in [6.07, 6.45) is -0.677. The van der Waals surface area contributed by atoms with Gasteiger partial charge < -0.3 is 14.8 Å². The molecule has 164 valence electrons. The number of non-ortho nitro benzene ring substituents is 1. The number of esters is 1. The molecule has 0 fully saturated rings. The maximum atomic E-state index is 12.7. The van der Waals surface area contributed by atoms with Gasteiger partial charge >= 0.3 is 12.1 Å². The minimum Gasteiger partial charge on any atom is -0.459 e. The number of hydrogen-bond donors (Lipinski definition) is 1. The highest BCUT2D eigenvalue weighted by Crippen LogP contribution is 2.14. The third-order valence-electron chi connectivity index (χ3n) is 4.60. The lowest BCUT2D eigenvalue weighted by atomic mass is 10.1. The van der Waals surface area contributed by atoms with E-state index in [-0.39, 0.29) is 25.3 Å². The SMILES string of the molecule is O=C(NC(Cc1ccc([N+](=O)[O-])cc1)C(=O)OCc1ccccc1)OCc1ccccc1. The third-order valence-corrected chi connectivity index (χ3v) is 4.60. The van der Waals surface area contributed by atoms with Crippen LogP contribution >= 0.6 is 0 Å². The predicted octanol–water partition coefficient (Wildman–Crippen LogP) is 4.18. The maximum absolute atomic E-state index is 12.7. The van der Waals surface area contributed by atoms with Crippen molar-refractivity contribution in [3.63, 3.8) is 0 Å². The number of nitrogens with one attached hydrogen (secondary N) is 1. The summed E-state index contributed by atoms with van der Waals surface area (Å²) in [4.78, 5) is 35.4. The second kappa shape index (κ2) is 11.3. The van der Waals surface area contributed by atoms with Crippen LogP contribution in [-0.2, 0) is 33.9 Å². The molecule has 1 amide bonds. The fourth-order valence-corrected chi connectivity index (χ4v) is 2.92. The summed E-state index contributed by atoms with van der Waals surface area (Å²) in [5, 5.41) is 13.4. The Labute approximate surface area is 184 Å². The fraction of sp³-hybridized carbons (Fsp3) is 0.167. The summed E-state index contributed by atoms with van der Waals surface area (Å²) in [5.74, 6) is -0.635. The molecular formula is C24H22N2O6. The van der Waals surface area contributed by atoms with Crippen LogP contribution in [-0.4, -0.2) is 23.0 Å². The maximum Gasteiger partial charge on any atom is 0.408 e. The third kappa shape index (κ3) is 6.94. The molecule has 0 aromatic heterocycles. The van der Waals surface area contributed by atoms with Crippen LogP contribution in [0.2, 0.25) is 0 Å². The minimum absolute atomic E-state index is 0.0516. The molecule has 0 heterocycles. The van der Waals surface area contributed by atoms with E-state index in [2.05, 4.69) is 5.32 Å². The Bertz CT molecular complexity index is 1040. The van der Waals surface area contributed by atoms with Crippen molar-refractivity contribution >= 4 is 17.7 Å². The molecular weight excluding hydrogens is 412 g/mol. The molecule has 1 atom stereocenters. The van der Waals surface area contributed by atoms with Crippen molar-refractivity contribution in [2.45, 2.75) is 25.7 Å². The molecule has 0 bridgehead atoms. The summed E-state index contributed by atoms with van der Waals surface area (Å²) in [7, 11) is 0. The van der Waals surface area contributed by atoms with E-state index in [9.17, 15) is 19.7 Å². The lowest BCUT2D eigenvalue weighted by molar-refractivity contribution is -0.384. The van der Waals surface area contributed by atoms with Gasteiger partial charge in [-0.1, -0.05) is 72.8 Å². The Morgan fingerprint density at radius 3 is 1.84 bits per heavy atom. The van der Waals surface area contributed by atoms with Crippen LogP contribution in [0.3, 0.4) is 0 Å². The number of ether oxygens (including phenoxy) is 2. The van der Waals surface area contributed by atoms with Gasteiger partial charge in [0.05, 0.1) is 4.92 Å². The number of amides is 1. The lowest BCUT2D eigenvalue weighted by Crippen LogP contribution is -2.43. The molecule has 0 saturated heterocycles. The van der Waals surface area contributed by atoms with E-state index in [4.69, 9.17) is 9.47 Å². The van der Waals surface area contributed by atoms with Gasteiger partial charge in [0.15, 0.2) is 0 Å². The quantitative estimate of drug-likeness (QED) is 0.308. The van der Waals surface area contributed by atoms with Gasteiger partial charge in [-0.3, -0.25) is 10.1 Å². The van der Waals surface area contributed by atoms with E-state index in [1.165, 1.54) is 24.3 Å². The first-order chi connectivity index (χ1) is 15.5. The average Bonchev–Trinajstić information content (AvgIpc) is 2.82. The van der Waals surface area contributed by atoms with E-state index in [0.29, 0.717) is 5.56 Å². The van der Waals surface area contributed by atoms with Crippen LogP contribution in [0.25, 0.3) is 0 Å². The van der Waals surface area contributed by atoms with Crippen molar-refractivity contribution in [1.82, 2.24) is 5.32 Å². The Balaban J connectivity index is 1.65. The van der Waals surface area contributed by atoms with Crippen LogP contribution in [0, 0.1) is 10.1 Å². The first kappa shape index (κ1) is 22.5. The van der Waals surface area contributed by atoms with E-state index < -0.39 is 23.0 Å². The molecule has 0 aliphatic rings. The first-order valence-corrected chi connectivity index (χ1v) is 9.92. The number of alkyl carbamates (subject to hydrolysis) is 1. The van der Waals surface area contributed by atoms with Gasteiger partial charge in [0.1, 0.15) is 19.3 Å². The molecule has 1 N–H and O–H groups in total. The van der Waals surface area contributed by atoms with Crippen LogP contribution in [0.1, 0.15) is 16.7 Å². The molecule has 3 aromatic carbocycles. The molecule has 0 aliphatic carbocycles. The number of hydrogen-bond acceptors (Lipinski definition) is 6. The number of carbonyl (C=O) groups excluding carboxylic acids is 2. The summed E-state index contributed by atoms with van der Waals surface area (Å²) >= 11 is 0. The molecule has 0 saturated carbocycles. The fourth-order valence-electron chi connectivity index (χ4n) is 2.92. The highest BCUT2D eigenvalue weighted by molar-refractivity contribution is 5.81. The van der Waals surface area contributed by atoms with Crippen LogP contribution in [0.4, 0.5) is 10.5 Å². The molecule has 3 rings (SSSR count). The van der Waals surface area contributed by atoms with E-state index in [1.54, 1.807) is 0 Å². The Morgan fingerprint density at radius 1 is 0.781 bits per heavy atom. The second-order valence-corrected chi connectivity index (χ2v) is 6.98. The van der Waals surface area contributed by atoms with Crippen LogP contribution < -0.4 is 5.32 Å². The molecule has 8 heteroatoms.